The van der Waals surface area contributed by atoms with Crippen molar-refractivity contribution in [2.45, 2.75) is 26.9 Å². The molecule has 1 amide bonds. The Bertz CT molecular complexity index is 1240. The maximum absolute atomic E-state index is 13.6. The number of aryl methyl sites for hydroxylation is 2. The van der Waals surface area contributed by atoms with E-state index in [2.05, 4.69) is 25.2 Å². The van der Waals surface area contributed by atoms with Gasteiger partial charge >= 0.3 is 0 Å². The first-order chi connectivity index (χ1) is 15.6. The highest BCUT2D eigenvalue weighted by Crippen LogP contribution is 2.26. The van der Waals surface area contributed by atoms with Crippen molar-refractivity contribution in [1.82, 2.24) is 39.7 Å². The number of H-pyrrole nitrogens is 1. The smallest absolute Gasteiger partial charge is 0.254 e. The molecule has 3 aromatic heterocycles. The van der Waals surface area contributed by atoms with E-state index in [0.717, 1.165) is 47.0 Å². The normalized spacial score (nSPS) is 14.9. The van der Waals surface area contributed by atoms with Crippen LogP contribution in [0.2, 0.25) is 0 Å². The lowest BCUT2D eigenvalue weighted by molar-refractivity contribution is 0.0627. The summed E-state index contributed by atoms with van der Waals surface area (Å²) in [6, 6.07) is 11.9. The number of hydrogen-bond donors (Lipinski definition) is 1. The van der Waals surface area contributed by atoms with Gasteiger partial charge in [-0.15, -0.1) is 0 Å². The van der Waals surface area contributed by atoms with E-state index in [1.807, 2.05) is 59.8 Å². The summed E-state index contributed by atoms with van der Waals surface area (Å²) in [7, 11) is 0. The number of aromatic amines is 1. The summed E-state index contributed by atoms with van der Waals surface area (Å²) >= 11 is 0. The number of benzene rings is 1. The van der Waals surface area contributed by atoms with E-state index < -0.39 is 0 Å². The van der Waals surface area contributed by atoms with Crippen LogP contribution in [0.1, 0.15) is 28.9 Å². The van der Waals surface area contributed by atoms with E-state index in [1.54, 1.807) is 6.20 Å². The zero-order chi connectivity index (χ0) is 22.1. The van der Waals surface area contributed by atoms with Crippen molar-refractivity contribution in [3.63, 3.8) is 0 Å². The fourth-order valence-electron chi connectivity index (χ4n) is 4.15. The predicted molar refractivity (Wildman–Crippen MR) is 121 cm³/mol. The van der Waals surface area contributed by atoms with Crippen LogP contribution >= 0.6 is 0 Å². The first kappa shape index (κ1) is 20.3. The average Bonchev–Trinajstić information content (AvgIpc) is 3.44. The third-order valence-corrected chi connectivity index (χ3v) is 5.88. The van der Waals surface area contributed by atoms with Crippen molar-refractivity contribution >= 4 is 16.9 Å². The Morgan fingerprint density at radius 2 is 1.88 bits per heavy atom. The number of amides is 1. The Balaban J connectivity index is 1.40. The third kappa shape index (κ3) is 3.87. The van der Waals surface area contributed by atoms with Gasteiger partial charge in [-0.3, -0.25) is 14.8 Å². The molecule has 1 N–H and O–H groups in total. The van der Waals surface area contributed by atoms with Gasteiger partial charge in [-0.05, 0) is 19.9 Å². The number of rotatable bonds is 5. The summed E-state index contributed by atoms with van der Waals surface area (Å²) in [4.78, 5) is 27.0. The molecule has 0 bridgehead atoms. The summed E-state index contributed by atoms with van der Waals surface area (Å²) in [5.74, 6) is 1.63. The molecule has 0 radical (unpaired) electrons. The minimum absolute atomic E-state index is 0.0265. The van der Waals surface area contributed by atoms with Crippen molar-refractivity contribution in [2.24, 2.45) is 0 Å². The highest BCUT2D eigenvalue weighted by molar-refractivity contribution is 6.06. The molecule has 4 aromatic rings. The van der Waals surface area contributed by atoms with Gasteiger partial charge in [0.25, 0.3) is 5.91 Å². The molecule has 1 fully saturated rings. The molecule has 164 valence electrons. The van der Waals surface area contributed by atoms with Gasteiger partial charge in [-0.25, -0.2) is 14.6 Å². The van der Waals surface area contributed by atoms with E-state index in [1.165, 1.54) is 0 Å². The monoisotopic (exact) mass is 430 g/mol. The van der Waals surface area contributed by atoms with Crippen LogP contribution in [0, 0.1) is 6.92 Å². The van der Waals surface area contributed by atoms with Gasteiger partial charge in [0.15, 0.2) is 11.5 Å². The standard InChI is InChI=1S/C23H26N8O/c1-3-31-22-19(14-24-31)18(13-20(26-22)17-7-5-4-6-8-17)23(32)30-11-9-29(10-12-30)15-21-25-16(2)27-28-21/h4-8,13-14H,3,9-12,15H2,1-2H3,(H,25,27,28). The second-order valence-electron chi connectivity index (χ2n) is 8.02. The van der Waals surface area contributed by atoms with Crippen molar-refractivity contribution in [3.8, 4) is 11.3 Å². The topological polar surface area (TPSA) is 95.8 Å². The second-order valence-corrected chi connectivity index (χ2v) is 8.02. The molecule has 1 aliphatic rings. The largest absolute Gasteiger partial charge is 0.336 e. The van der Waals surface area contributed by atoms with Gasteiger partial charge < -0.3 is 4.90 Å². The zero-order valence-corrected chi connectivity index (χ0v) is 18.3. The lowest BCUT2D eigenvalue weighted by atomic mass is 10.1. The highest BCUT2D eigenvalue weighted by Gasteiger charge is 2.26. The fourth-order valence-corrected chi connectivity index (χ4v) is 4.15. The van der Waals surface area contributed by atoms with Gasteiger partial charge in [-0.2, -0.15) is 10.2 Å². The summed E-state index contributed by atoms with van der Waals surface area (Å²) in [6.07, 6.45) is 1.76. The second kappa shape index (κ2) is 8.51. The first-order valence-corrected chi connectivity index (χ1v) is 10.9. The van der Waals surface area contributed by atoms with Gasteiger partial charge in [0, 0.05) is 38.3 Å². The highest BCUT2D eigenvalue weighted by atomic mass is 16.2. The summed E-state index contributed by atoms with van der Waals surface area (Å²) in [5, 5.41) is 12.4. The van der Waals surface area contributed by atoms with Gasteiger partial charge in [0.1, 0.15) is 5.82 Å². The van der Waals surface area contributed by atoms with Crippen LogP contribution < -0.4 is 0 Å². The number of nitrogens with one attached hydrogen (secondary N) is 1. The number of nitrogens with zero attached hydrogens (tertiary/aromatic N) is 7. The van der Waals surface area contributed by atoms with E-state index >= 15 is 0 Å². The molecule has 9 heteroatoms. The van der Waals surface area contributed by atoms with E-state index in [0.29, 0.717) is 31.7 Å². The van der Waals surface area contributed by atoms with E-state index in [-0.39, 0.29) is 5.91 Å². The average molecular weight is 431 g/mol. The van der Waals surface area contributed by atoms with Gasteiger partial charge in [-0.1, -0.05) is 30.3 Å². The molecule has 4 heterocycles. The van der Waals surface area contributed by atoms with Crippen molar-refractivity contribution in [3.05, 3.63) is 59.8 Å². The Morgan fingerprint density at radius 3 is 2.56 bits per heavy atom. The number of hydrogen-bond acceptors (Lipinski definition) is 6. The van der Waals surface area contributed by atoms with E-state index in [4.69, 9.17) is 4.98 Å². The SMILES string of the molecule is CCn1ncc2c(C(=O)N3CCN(Cc4n[nH]c(C)n4)CC3)cc(-c3ccccc3)nc21. The van der Waals surface area contributed by atoms with Crippen LogP contribution in [0.5, 0.6) is 0 Å². The lowest BCUT2D eigenvalue weighted by Gasteiger charge is -2.34. The molecular formula is C23H26N8O. The minimum Gasteiger partial charge on any atom is -0.336 e. The van der Waals surface area contributed by atoms with Gasteiger partial charge in [0.2, 0.25) is 0 Å². The van der Waals surface area contributed by atoms with Crippen molar-refractivity contribution in [1.29, 1.82) is 0 Å². The number of carbonyl (C=O) groups excluding carboxylic acids is 1. The molecule has 1 aliphatic heterocycles. The Morgan fingerprint density at radius 1 is 1.09 bits per heavy atom. The molecule has 0 aliphatic carbocycles. The molecule has 0 unspecified atom stereocenters. The van der Waals surface area contributed by atoms with Crippen LogP contribution in [-0.4, -0.2) is 71.8 Å². The van der Waals surface area contributed by atoms with Crippen LogP contribution in [-0.2, 0) is 13.1 Å². The number of piperazine rings is 1. The molecule has 1 saturated heterocycles. The Labute approximate surface area is 186 Å². The first-order valence-electron chi connectivity index (χ1n) is 10.9. The van der Waals surface area contributed by atoms with Crippen LogP contribution in [0.25, 0.3) is 22.3 Å². The fraction of sp³-hybridized carbons (Fsp3) is 0.348. The molecule has 1 aromatic carbocycles. The summed E-state index contributed by atoms with van der Waals surface area (Å²) < 4.78 is 1.84. The maximum Gasteiger partial charge on any atom is 0.254 e. The molecule has 9 nitrogen and oxygen atoms in total. The van der Waals surface area contributed by atoms with Crippen LogP contribution in [0.4, 0.5) is 0 Å². The summed E-state index contributed by atoms with van der Waals surface area (Å²) in [6.45, 7) is 8.20. The number of fused-ring (bicyclic) bond motifs is 1. The maximum atomic E-state index is 13.6. The van der Waals surface area contributed by atoms with Crippen molar-refractivity contribution < 1.29 is 4.79 Å². The van der Waals surface area contributed by atoms with Crippen LogP contribution in [0.15, 0.2) is 42.6 Å². The molecule has 5 rings (SSSR count). The molecule has 0 saturated carbocycles. The number of carbonyl (C=O) groups is 1. The van der Waals surface area contributed by atoms with Crippen LogP contribution in [0.3, 0.4) is 0 Å². The van der Waals surface area contributed by atoms with E-state index in [9.17, 15) is 4.79 Å². The quantitative estimate of drug-likeness (QED) is 0.523. The number of pyridine rings is 1. The number of aromatic nitrogens is 6. The minimum atomic E-state index is 0.0265. The third-order valence-electron chi connectivity index (χ3n) is 5.88. The van der Waals surface area contributed by atoms with Gasteiger partial charge in [0.05, 0.1) is 29.4 Å². The molecule has 0 atom stereocenters. The Kier molecular flexibility index (Phi) is 5.40. The van der Waals surface area contributed by atoms with Crippen molar-refractivity contribution in [2.75, 3.05) is 26.2 Å². The summed E-state index contributed by atoms with van der Waals surface area (Å²) in [5.41, 5.74) is 3.18. The zero-order valence-electron chi connectivity index (χ0n) is 18.3. The molecule has 0 spiro atoms. The predicted octanol–water partition coefficient (Wildman–Crippen LogP) is 2.50. The molecular weight excluding hydrogens is 404 g/mol. The lowest BCUT2D eigenvalue weighted by Crippen LogP contribution is -2.48. The molecule has 32 heavy (non-hydrogen) atoms. The Hall–Kier alpha value is -3.59.